The normalized spacial score (nSPS) is 11.3. The number of aromatic nitrogens is 1. The number of phenols is 1. The van der Waals surface area contributed by atoms with Crippen molar-refractivity contribution < 1.29 is 5.11 Å². The molecular formula is C17H14N2O2. The Balaban J connectivity index is 1.98. The maximum Gasteiger partial charge on any atom is 0.189 e. The number of pyridine rings is 1. The van der Waals surface area contributed by atoms with E-state index in [1.54, 1.807) is 42.6 Å². The van der Waals surface area contributed by atoms with Crippen LogP contribution in [0.5, 0.6) is 5.75 Å². The molecule has 0 amide bonds. The van der Waals surface area contributed by atoms with E-state index >= 15 is 0 Å². The van der Waals surface area contributed by atoms with Crippen LogP contribution < -0.4 is 5.43 Å². The second kappa shape index (κ2) is 5.25. The topological polar surface area (TPSA) is 65.4 Å². The average Bonchev–Trinajstić information content (AvgIpc) is 2.47. The summed E-state index contributed by atoms with van der Waals surface area (Å²) < 4.78 is 0. The fourth-order valence-electron chi connectivity index (χ4n) is 2.16. The van der Waals surface area contributed by atoms with Crippen molar-refractivity contribution in [2.24, 2.45) is 4.99 Å². The lowest BCUT2D eigenvalue weighted by molar-refractivity contribution is 0.475. The summed E-state index contributed by atoms with van der Waals surface area (Å²) in [5.74, 6) is 0.222. The Morgan fingerprint density at radius 2 is 1.86 bits per heavy atom. The molecule has 3 rings (SSSR count). The maximum absolute atomic E-state index is 12.0. The molecule has 0 aliphatic rings. The predicted molar refractivity (Wildman–Crippen MR) is 84.7 cm³/mol. The van der Waals surface area contributed by atoms with Gasteiger partial charge >= 0.3 is 0 Å². The Morgan fingerprint density at radius 1 is 1.10 bits per heavy atom. The Bertz CT molecular complexity index is 877. The summed E-state index contributed by atoms with van der Waals surface area (Å²) in [6.07, 6.45) is 1.70. The Kier molecular flexibility index (Phi) is 3.28. The van der Waals surface area contributed by atoms with Crippen LogP contribution in [0.15, 0.2) is 58.3 Å². The Morgan fingerprint density at radius 3 is 2.62 bits per heavy atom. The zero-order valence-electron chi connectivity index (χ0n) is 11.5. The van der Waals surface area contributed by atoms with Gasteiger partial charge < -0.3 is 10.1 Å². The third kappa shape index (κ3) is 2.84. The summed E-state index contributed by atoms with van der Waals surface area (Å²) in [7, 11) is 0. The van der Waals surface area contributed by atoms with E-state index in [9.17, 15) is 9.90 Å². The third-order valence-corrected chi connectivity index (χ3v) is 3.20. The minimum Gasteiger partial charge on any atom is -0.508 e. The van der Waals surface area contributed by atoms with Crippen LogP contribution >= 0.6 is 0 Å². The van der Waals surface area contributed by atoms with Crippen LogP contribution in [0.25, 0.3) is 10.9 Å². The van der Waals surface area contributed by atoms with Gasteiger partial charge in [0.15, 0.2) is 5.43 Å². The number of phenolic OH excluding ortho intramolecular Hbond substituents is 1. The lowest BCUT2D eigenvalue weighted by Gasteiger charge is -2.01. The number of aryl methyl sites for hydroxylation is 1. The van der Waals surface area contributed by atoms with Gasteiger partial charge in [-0.25, -0.2) is 0 Å². The van der Waals surface area contributed by atoms with E-state index in [2.05, 4.69) is 9.98 Å². The first-order chi connectivity index (χ1) is 10.1. The zero-order valence-corrected chi connectivity index (χ0v) is 11.5. The first-order valence-electron chi connectivity index (χ1n) is 6.58. The molecule has 4 nitrogen and oxygen atoms in total. The number of fused-ring (bicyclic) bond motifs is 1. The van der Waals surface area contributed by atoms with Crippen molar-refractivity contribution in [3.05, 3.63) is 70.0 Å². The molecule has 0 spiro atoms. The smallest absolute Gasteiger partial charge is 0.189 e. The molecule has 0 bridgehead atoms. The van der Waals surface area contributed by atoms with Gasteiger partial charge in [-0.15, -0.1) is 0 Å². The summed E-state index contributed by atoms with van der Waals surface area (Å²) in [5.41, 5.74) is 3.23. The molecule has 2 N–H and O–H groups in total. The van der Waals surface area contributed by atoms with Gasteiger partial charge in [0.2, 0.25) is 0 Å². The lowest BCUT2D eigenvalue weighted by Crippen LogP contribution is -2.02. The lowest BCUT2D eigenvalue weighted by atomic mass is 10.1. The van der Waals surface area contributed by atoms with E-state index < -0.39 is 0 Å². The molecule has 3 aromatic rings. The van der Waals surface area contributed by atoms with Crippen molar-refractivity contribution in [3.8, 4) is 5.75 Å². The van der Waals surface area contributed by atoms with Crippen molar-refractivity contribution in [1.82, 2.24) is 4.98 Å². The number of aliphatic imine (C=N–C) groups is 1. The van der Waals surface area contributed by atoms with Crippen LogP contribution in [0.4, 0.5) is 5.69 Å². The number of aromatic amines is 1. The highest BCUT2D eigenvalue weighted by molar-refractivity contribution is 5.85. The van der Waals surface area contributed by atoms with Crippen molar-refractivity contribution in [3.63, 3.8) is 0 Å². The SMILES string of the molecule is Cc1cc(=O)c2cc(N=Cc3ccc(O)cc3)ccc2[nH]1. The van der Waals surface area contributed by atoms with Crippen molar-refractivity contribution in [1.29, 1.82) is 0 Å². The molecule has 1 aromatic heterocycles. The van der Waals surface area contributed by atoms with Gasteiger partial charge in [-0.05, 0) is 55.0 Å². The molecule has 0 atom stereocenters. The fourth-order valence-corrected chi connectivity index (χ4v) is 2.16. The number of nitrogens with one attached hydrogen (secondary N) is 1. The molecule has 1 heterocycles. The van der Waals surface area contributed by atoms with Gasteiger partial charge in [0.25, 0.3) is 0 Å². The summed E-state index contributed by atoms with van der Waals surface area (Å²) >= 11 is 0. The first kappa shape index (κ1) is 13.1. The molecular weight excluding hydrogens is 264 g/mol. The molecule has 4 heteroatoms. The molecule has 0 saturated heterocycles. The molecule has 0 aliphatic carbocycles. The molecule has 2 aromatic carbocycles. The average molecular weight is 278 g/mol. The van der Waals surface area contributed by atoms with Gasteiger partial charge in [0.1, 0.15) is 5.75 Å². The maximum atomic E-state index is 12.0. The monoisotopic (exact) mass is 278 g/mol. The van der Waals surface area contributed by atoms with Gasteiger partial charge in [-0.3, -0.25) is 9.79 Å². The van der Waals surface area contributed by atoms with E-state index in [4.69, 9.17) is 0 Å². The van der Waals surface area contributed by atoms with Crippen molar-refractivity contribution >= 4 is 22.8 Å². The number of nitrogens with zero attached hydrogens (tertiary/aromatic N) is 1. The molecule has 21 heavy (non-hydrogen) atoms. The van der Waals surface area contributed by atoms with Gasteiger partial charge in [-0.1, -0.05) is 0 Å². The number of benzene rings is 2. The molecule has 0 radical (unpaired) electrons. The van der Waals surface area contributed by atoms with Crippen LogP contribution in [0.2, 0.25) is 0 Å². The van der Waals surface area contributed by atoms with E-state index in [0.717, 1.165) is 16.8 Å². The third-order valence-electron chi connectivity index (χ3n) is 3.20. The predicted octanol–water partition coefficient (Wildman–Crippen LogP) is 3.29. The minimum absolute atomic E-state index is 0.0112. The minimum atomic E-state index is -0.0112. The molecule has 0 unspecified atom stereocenters. The number of H-pyrrole nitrogens is 1. The fraction of sp³-hybridized carbons (Fsp3) is 0.0588. The quantitative estimate of drug-likeness (QED) is 0.706. The standard InChI is InChI=1S/C17H14N2O2/c1-11-8-17(21)15-9-13(4-7-16(15)19-11)18-10-12-2-5-14(20)6-3-12/h2-10,20H,1H3,(H,19,21). The highest BCUT2D eigenvalue weighted by Gasteiger charge is 2.01. The van der Waals surface area contributed by atoms with Crippen LogP contribution in [-0.4, -0.2) is 16.3 Å². The van der Waals surface area contributed by atoms with Crippen molar-refractivity contribution in [2.75, 3.05) is 0 Å². The van der Waals surface area contributed by atoms with Gasteiger partial charge in [0, 0.05) is 28.9 Å². The number of rotatable bonds is 2. The zero-order chi connectivity index (χ0) is 14.8. The van der Waals surface area contributed by atoms with Gasteiger partial charge in [-0.2, -0.15) is 0 Å². The van der Waals surface area contributed by atoms with E-state index in [0.29, 0.717) is 11.1 Å². The summed E-state index contributed by atoms with van der Waals surface area (Å²) in [6, 6.07) is 13.8. The van der Waals surface area contributed by atoms with Gasteiger partial charge in [0.05, 0.1) is 5.69 Å². The van der Waals surface area contributed by atoms with Crippen LogP contribution in [-0.2, 0) is 0 Å². The second-order valence-electron chi connectivity index (χ2n) is 4.90. The molecule has 0 aliphatic heterocycles. The highest BCUT2D eigenvalue weighted by atomic mass is 16.3. The second-order valence-corrected chi connectivity index (χ2v) is 4.90. The molecule has 0 saturated carbocycles. The largest absolute Gasteiger partial charge is 0.508 e. The van der Waals surface area contributed by atoms with E-state index in [1.165, 1.54) is 0 Å². The highest BCUT2D eigenvalue weighted by Crippen LogP contribution is 2.18. The van der Waals surface area contributed by atoms with E-state index in [-0.39, 0.29) is 11.2 Å². The number of aromatic hydroxyl groups is 1. The van der Waals surface area contributed by atoms with E-state index in [1.807, 2.05) is 19.1 Å². The summed E-state index contributed by atoms with van der Waals surface area (Å²) in [6.45, 7) is 1.86. The molecule has 104 valence electrons. The Labute approximate surface area is 121 Å². The van der Waals surface area contributed by atoms with Crippen LogP contribution in [0.3, 0.4) is 0 Å². The number of hydrogen-bond acceptors (Lipinski definition) is 3. The summed E-state index contributed by atoms with van der Waals surface area (Å²) in [5, 5.41) is 9.86. The van der Waals surface area contributed by atoms with Crippen molar-refractivity contribution in [2.45, 2.75) is 6.92 Å². The number of hydrogen-bond donors (Lipinski definition) is 2. The van der Waals surface area contributed by atoms with Crippen LogP contribution in [0, 0.1) is 6.92 Å². The summed E-state index contributed by atoms with van der Waals surface area (Å²) in [4.78, 5) is 19.5. The first-order valence-corrected chi connectivity index (χ1v) is 6.58. The Hall–Kier alpha value is -2.88. The molecule has 0 fully saturated rings. The van der Waals surface area contributed by atoms with Crippen LogP contribution in [0.1, 0.15) is 11.3 Å².